The minimum absolute atomic E-state index is 0.670. The summed E-state index contributed by atoms with van der Waals surface area (Å²) in [5.74, 6) is 3.04. The van der Waals surface area contributed by atoms with Gasteiger partial charge in [0, 0.05) is 6.04 Å². The minimum Gasteiger partial charge on any atom is -0.384 e. The number of hydrogen-bond acceptors (Lipinski definition) is 2. The largest absolute Gasteiger partial charge is 0.384 e. The van der Waals surface area contributed by atoms with Crippen molar-refractivity contribution in [3.05, 3.63) is 60.7 Å². The summed E-state index contributed by atoms with van der Waals surface area (Å²) in [6.45, 7) is 6.74. The van der Waals surface area contributed by atoms with Crippen molar-refractivity contribution in [3.8, 4) is 12.0 Å². The molecule has 0 aliphatic heterocycles. The molecule has 2 rings (SSSR count). The van der Waals surface area contributed by atoms with Gasteiger partial charge in [0.2, 0.25) is 0 Å². The molecule has 4 heteroatoms. The summed E-state index contributed by atoms with van der Waals surface area (Å²) in [6.07, 6.45) is 2.70. The summed E-state index contributed by atoms with van der Waals surface area (Å²) < 4.78 is 19.0. The first-order valence-electron chi connectivity index (χ1n) is 7.29. The predicted octanol–water partition coefficient (Wildman–Crippen LogP) is 4.23. The van der Waals surface area contributed by atoms with Crippen LogP contribution in [0.4, 0.5) is 0 Å². The molecule has 2 aromatic rings. The Kier molecular flexibility index (Phi) is 5.29. The van der Waals surface area contributed by atoms with Crippen LogP contribution in [-0.2, 0) is 9.09 Å². The molecule has 0 spiro atoms. The molecule has 22 heavy (non-hydrogen) atoms. The van der Waals surface area contributed by atoms with Crippen LogP contribution in [0, 0.1) is 12.0 Å². The van der Waals surface area contributed by atoms with E-state index in [4.69, 9.17) is 4.52 Å². The lowest BCUT2D eigenvalue weighted by molar-refractivity contribution is 0.483. The zero-order chi connectivity index (χ0) is 16.1. The summed E-state index contributed by atoms with van der Waals surface area (Å²) in [7, 11) is -4.42. The van der Waals surface area contributed by atoms with Crippen LogP contribution in [0.1, 0.15) is 0 Å². The lowest BCUT2D eigenvalue weighted by atomic mass is 10.4. The normalized spacial score (nSPS) is 11.4. The van der Waals surface area contributed by atoms with Crippen LogP contribution in [0.5, 0.6) is 0 Å². The fraction of sp³-hybridized carbons (Fsp3) is 0.222. The van der Waals surface area contributed by atoms with Crippen LogP contribution in [0.25, 0.3) is 0 Å². The van der Waals surface area contributed by atoms with Crippen molar-refractivity contribution in [3.63, 3.8) is 0 Å². The van der Waals surface area contributed by atoms with Gasteiger partial charge in [-0.1, -0.05) is 62.0 Å². The van der Waals surface area contributed by atoms with Crippen molar-refractivity contribution in [2.75, 3.05) is 0 Å². The molecule has 0 bridgehead atoms. The second-order valence-electron chi connectivity index (χ2n) is 6.33. The molecule has 114 valence electrons. The summed E-state index contributed by atoms with van der Waals surface area (Å²) in [6, 6.07) is 19.4. The van der Waals surface area contributed by atoms with Crippen molar-refractivity contribution in [2.24, 2.45) is 0 Å². The second kappa shape index (κ2) is 7.00. The van der Waals surface area contributed by atoms with Gasteiger partial charge < -0.3 is 4.52 Å². The fourth-order valence-electron chi connectivity index (χ4n) is 1.90. The SMILES string of the molecule is C[Si](C)(C)CC#COP(=O)(c1ccccc1)c1ccccc1. The van der Waals surface area contributed by atoms with Gasteiger partial charge in [0.05, 0.1) is 18.7 Å². The summed E-state index contributed by atoms with van der Waals surface area (Å²) in [5.41, 5.74) is 0. The van der Waals surface area contributed by atoms with Crippen molar-refractivity contribution >= 4 is 26.1 Å². The Morgan fingerprint density at radius 1 is 0.909 bits per heavy atom. The van der Waals surface area contributed by atoms with E-state index in [2.05, 4.69) is 31.7 Å². The van der Waals surface area contributed by atoms with E-state index in [0.29, 0.717) is 10.6 Å². The molecule has 0 N–H and O–H groups in total. The van der Waals surface area contributed by atoms with Gasteiger partial charge in [-0.05, 0) is 24.3 Å². The van der Waals surface area contributed by atoms with Gasteiger partial charge in [-0.3, -0.25) is 4.57 Å². The van der Waals surface area contributed by atoms with E-state index in [-0.39, 0.29) is 0 Å². The van der Waals surface area contributed by atoms with Gasteiger partial charge in [-0.15, -0.1) is 0 Å². The molecule has 0 fully saturated rings. The monoisotopic (exact) mass is 328 g/mol. The average molecular weight is 328 g/mol. The molecule has 2 nitrogen and oxygen atoms in total. The van der Waals surface area contributed by atoms with E-state index >= 15 is 0 Å². The van der Waals surface area contributed by atoms with Crippen molar-refractivity contribution in [2.45, 2.75) is 25.7 Å². The van der Waals surface area contributed by atoms with E-state index in [9.17, 15) is 4.57 Å². The molecular weight excluding hydrogens is 307 g/mol. The summed E-state index contributed by atoms with van der Waals surface area (Å²) in [4.78, 5) is 0. The maximum absolute atomic E-state index is 13.4. The Labute approximate surface area is 134 Å². The number of rotatable bonds is 4. The highest BCUT2D eigenvalue weighted by molar-refractivity contribution is 7.74. The molecule has 0 aromatic heterocycles. The molecule has 2 aromatic carbocycles. The molecule has 0 saturated heterocycles. The first-order valence-corrected chi connectivity index (χ1v) is 12.6. The van der Waals surface area contributed by atoms with Gasteiger partial charge in [0.25, 0.3) is 0 Å². The molecule has 0 heterocycles. The van der Waals surface area contributed by atoms with E-state index in [1.54, 1.807) is 0 Å². The maximum Gasteiger partial charge on any atom is 0.315 e. The quantitative estimate of drug-likeness (QED) is 0.477. The van der Waals surface area contributed by atoms with Crippen LogP contribution >= 0.6 is 7.37 Å². The number of benzene rings is 2. The molecule has 0 radical (unpaired) electrons. The van der Waals surface area contributed by atoms with Crippen molar-refractivity contribution < 1.29 is 9.09 Å². The van der Waals surface area contributed by atoms with Crippen LogP contribution in [0.3, 0.4) is 0 Å². The molecule has 0 saturated carbocycles. The van der Waals surface area contributed by atoms with E-state index in [0.717, 1.165) is 6.04 Å². The highest BCUT2D eigenvalue weighted by Crippen LogP contribution is 2.44. The molecular formula is C18H21O2PSi. The van der Waals surface area contributed by atoms with Crippen LogP contribution in [0.2, 0.25) is 25.7 Å². The third-order valence-electron chi connectivity index (χ3n) is 3.06. The predicted molar refractivity (Wildman–Crippen MR) is 96.8 cm³/mol. The first-order chi connectivity index (χ1) is 10.4. The van der Waals surface area contributed by atoms with Gasteiger partial charge in [-0.2, -0.15) is 0 Å². The molecule has 0 aliphatic carbocycles. The van der Waals surface area contributed by atoms with Crippen LogP contribution in [0.15, 0.2) is 60.7 Å². The second-order valence-corrected chi connectivity index (χ2v) is 14.1. The van der Waals surface area contributed by atoms with Gasteiger partial charge >= 0.3 is 7.37 Å². The van der Waals surface area contributed by atoms with Gasteiger partial charge in [0.1, 0.15) is 6.11 Å². The standard InChI is InChI=1S/C18H21O2PSi/c1-22(2,3)16-10-15-20-21(19,17-11-6-4-7-12-17)18-13-8-5-9-14-18/h4-9,11-14H,16H2,1-3H3. The fourth-order valence-corrected chi connectivity index (χ4v) is 4.33. The topological polar surface area (TPSA) is 26.3 Å². The first kappa shape index (κ1) is 16.6. The Balaban J connectivity index is 2.34. The highest BCUT2D eigenvalue weighted by Gasteiger charge is 2.29. The Hall–Kier alpha value is -1.75. The Morgan fingerprint density at radius 2 is 1.36 bits per heavy atom. The number of hydrogen-bond donors (Lipinski definition) is 0. The molecule has 0 unspecified atom stereocenters. The smallest absolute Gasteiger partial charge is 0.315 e. The lowest BCUT2D eigenvalue weighted by Crippen LogP contribution is -2.18. The average Bonchev–Trinajstić information content (AvgIpc) is 2.52. The third-order valence-corrected chi connectivity index (χ3v) is 6.60. The van der Waals surface area contributed by atoms with Crippen LogP contribution < -0.4 is 10.6 Å². The van der Waals surface area contributed by atoms with Gasteiger partial charge in [0.15, 0.2) is 0 Å². The minimum atomic E-state index is -3.16. The van der Waals surface area contributed by atoms with E-state index in [1.807, 2.05) is 60.7 Å². The molecule has 0 amide bonds. The highest BCUT2D eigenvalue weighted by atomic mass is 31.2. The summed E-state index contributed by atoms with van der Waals surface area (Å²) >= 11 is 0. The third kappa shape index (κ3) is 4.37. The van der Waals surface area contributed by atoms with Crippen molar-refractivity contribution in [1.29, 1.82) is 0 Å². The lowest BCUT2D eigenvalue weighted by Gasteiger charge is -2.16. The summed E-state index contributed by atoms with van der Waals surface area (Å²) in [5, 5.41) is 1.34. The molecule has 0 atom stereocenters. The van der Waals surface area contributed by atoms with E-state index < -0.39 is 15.4 Å². The Bertz CT molecular complexity index is 666. The van der Waals surface area contributed by atoms with Crippen molar-refractivity contribution in [1.82, 2.24) is 0 Å². The van der Waals surface area contributed by atoms with Crippen LogP contribution in [-0.4, -0.2) is 8.07 Å². The molecule has 0 aliphatic rings. The van der Waals surface area contributed by atoms with E-state index in [1.165, 1.54) is 0 Å². The zero-order valence-electron chi connectivity index (χ0n) is 13.2. The van der Waals surface area contributed by atoms with Gasteiger partial charge in [-0.25, -0.2) is 0 Å². The zero-order valence-corrected chi connectivity index (χ0v) is 15.1. The maximum atomic E-state index is 13.4. The Morgan fingerprint density at radius 3 is 1.77 bits per heavy atom.